The van der Waals surface area contributed by atoms with E-state index >= 15 is 0 Å². The highest BCUT2D eigenvalue weighted by molar-refractivity contribution is 7.28. The van der Waals surface area contributed by atoms with Crippen LogP contribution in [-0.2, 0) is 4.43 Å². The molecule has 0 aromatic heterocycles. The minimum atomic E-state index is -4.20. The van der Waals surface area contributed by atoms with Crippen molar-refractivity contribution in [2.45, 2.75) is 82.7 Å². The third kappa shape index (κ3) is 3.20. The summed E-state index contributed by atoms with van der Waals surface area (Å²) in [7, 11) is -11.0. The Morgan fingerprint density at radius 1 is 0.789 bits per heavy atom. The molecular formula is C14H38OSi4. The first-order chi connectivity index (χ1) is 10.6. The van der Waals surface area contributed by atoms with Crippen molar-refractivity contribution in [3.8, 4) is 0 Å². The van der Waals surface area contributed by atoms with Crippen molar-refractivity contribution in [2.24, 2.45) is 0 Å². The first kappa shape index (κ1) is 11.4. The van der Waals surface area contributed by atoms with Crippen LogP contribution in [-0.4, -0.2) is 39.1 Å². The Morgan fingerprint density at radius 3 is 1.26 bits per heavy atom. The second-order valence-corrected chi connectivity index (χ2v) is 29.8. The van der Waals surface area contributed by atoms with E-state index in [4.69, 9.17) is 12.7 Å². The van der Waals surface area contributed by atoms with Gasteiger partial charge in [-0.2, -0.15) is 0 Å². The van der Waals surface area contributed by atoms with Crippen LogP contribution < -0.4 is 0 Å². The molecule has 0 rings (SSSR count). The number of hydrogen-bond acceptors (Lipinski definition) is 1. The Hall–Kier alpha value is 0.828. The van der Waals surface area contributed by atoms with E-state index in [-0.39, 0.29) is 6.61 Å². The van der Waals surface area contributed by atoms with Crippen LogP contribution in [0.2, 0.25) is 75.8 Å². The lowest BCUT2D eigenvalue weighted by atomic mass is 10.9. The Labute approximate surface area is 135 Å². The molecule has 0 amide bonds. The van der Waals surface area contributed by atoms with E-state index in [1.807, 2.05) is 0 Å². The first-order valence-corrected chi connectivity index (χ1v) is 19.6. The molecular weight excluding hydrogens is 296 g/mol. The van der Waals surface area contributed by atoms with Crippen LogP contribution in [0.3, 0.4) is 0 Å². The van der Waals surface area contributed by atoms with Crippen molar-refractivity contribution in [1.82, 2.24) is 0 Å². The molecule has 0 spiro atoms. The Balaban J connectivity index is 7.75. The molecule has 0 aromatic rings. The largest absolute Gasteiger partial charge is 0.418 e. The molecule has 0 saturated heterocycles. The Bertz CT molecular complexity index is 418. The molecule has 19 heavy (non-hydrogen) atoms. The monoisotopic (exact) mass is 340 g/mol. The average Bonchev–Trinajstić information content (AvgIpc) is 2.18. The molecule has 0 aliphatic carbocycles. The molecule has 0 unspecified atom stereocenters. The van der Waals surface area contributed by atoms with Gasteiger partial charge in [0.15, 0.2) is 8.32 Å². The van der Waals surface area contributed by atoms with Gasteiger partial charge in [0.2, 0.25) is 0 Å². The van der Waals surface area contributed by atoms with E-state index in [1.165, 1.54) is 0 Å². The molecule has 0 atom stereocenters. The van der Waals surface area contributed by atoms with E-state index in [2.05, 4.69) is 58.9 Å². The fraction of sp³-hybridized carbons (Fsp3) is 1.00. The third-order valence-corrected chi connectivity index (χ3v) is 36.2. The van der Waals surface area contributed by atoms with Gasteiger partial charge in [-0.25, -0.2) is 0 Å². The predicted octanol–water partition coefficient (Wildman–Crippen LogP) is 5.60. The van der Waals surface area contributed by atoms with Gasteiger partial charge in [-0.15, -0.1) is 0 Å². The van der Waals surface area contributed by atoms with Gasteiger partial charge in [-0.05, 0) is 23.8 Å². The van der Waals surface area contributed by atoms with Crippen LogP contribution in [0.25, 0.3) is 0 Å². The lowest BCUT2D eigenvalue weighted by Gasteiger charge is -2.65. The third-order valence-electron chi connectivity index (χ3n) is 4.26. The van der Waals surface area contributed by atoms with Crippen LogP contribution in [0.1, 0.15) is 15.1 Å². The van der Waals surface area contributed by atoms with Gasteiger partial charge in [0.25, 0.3) is 0 Å². The van der Waals surface area contributed by atoms with Gasteiger partial charge in [-0.3, -0.25) is 0 Å². The van der Waals surface area contributed by atoms with E-state index in [0.717, 1.165) is 0 Å². The fourth-order valence-electron chi connectivity index (χ4n) is 5.28. The zero-order valence-corrected chi connectivity index (χ0v) is 18.6. The van der Waals surface area contributed by atoms with Crippen LogP contribution >= 0.6 is 0 Å². The van der Waals surface area contributed by atoms with Gasteiger partial charge in [0, 0.05) is 39.1 Å². The molecule has 5 heteroatoms. The van der Waals surface area contributed by atoms with Gasteiger partial charge >= 0.3 is 0 Å². The van der Waals surface area contributed by atoms with Gasteiger partial charge < -0.3 is 4.43 Å². The second kappa shape index (κ2) is 5.55. The molecule has 116 valence electrons. The standard InChI is InChI=1S/C14H38OSi4/c1-13-15-19(11,12)14(16(2,3)4,17(5,6)7)18(8,9)10/h13H2,1-12H3/i11D3,12D3. The van der Waals surface area contributed by atoms with Crippen molar-refractivity contribution in [2.75, 3.05) is 6.61 Å². The summed E-state index contributed by atoms with van der Waals surface area (Å²) in [6, 6.07) is 0. The predicted molar refractivity (Wildman–Crippen MR) is 102 cm³/mol. The number of rotatable bonds is 6. The van der Waals surface area contributed by atoms with Crippen molar-refractivity contribution in [3.05, 3.63) is 0 Å². The highest BCUT2D eigenvalue weighted by Crippen LogP contribution is 2.59. The van der Waals surface area contributed by atoms with Crippen LogP contribution in [0, 0.1) is 0 Å². The molecule has 0 aliphatic heterocycles. The molecule has 1 nitrogen and oxygen atoms in total. The molecule has 0 radical (unpaired) electrons. The molecule has 0 aromatic carbocycles. The fourth-order valence-corrected chi connectivity index (χ4v) is 46.3. The van der Waals surface area contributed by atoms with Crippen LogP contribution in [0.15, 0.2) is 0 Å². The van der Waals surface area contributed by atoms with Crippen LogP contribution in [0.4, 0.5) is 0 Å². The quantitative estimate of drug-likeness (QED) is 0.572. The van der Waals surface area contributed by atoms with E-state index in [0.29, 0.717) is 0 Å². The van der Waals surface area contributed by atoms with Gasteiger partial charge in [0.05, 0.1) is 0 Å². The summed E-state index contributed by atoms with van der Waals surface area (Å²) in [6.45, 7) is 16.2. The van der Waals surface area contributed by atoms with E-state index in [1.54, 1.807) is 6.92 Å². The molecule has 0 N–H and O–H groups in total. The summed E-state index contributed by atoms with van der Waals surface area (Å²) in [6.07, 6.45) is 0. The summed E-state index contributed by atoms with van der Waals surface area (Å²) in [5.41, 5.74) is 0. The molecule has 0 heterocycles. The van der Waals surface area contributed by atoms with Crippen molar-refractivity contribution in [1.29, 1.82) is 0 Å². The molecule has 0 bridgehead atoms. The SMILES string of the molecule is [2H]C([2H])([2H])[Si](OCC)(C([2H])([2H])[2H])C([Si](C)(C)C)([Si](C)(C)C)[Si](C)(C)C. The minimum absolute atomic E-state index is 0.143. The maximum Gasteiger partial charge on any atom is 0.185 e. The normalized spacial score (nSPS) is 21.8. The topological polar surface area (TPSA) is 9.23 Å². The summed E-state index contributed by atoms with van der Waals surface area (Å²) >= 11 is 0. The first-order valence-electron chi connectivity index (χ1n) is 10.2. The van der Waals surface area contributed by atoms with Crippen molar-refractivity contribution in [3.63, 3.8) is 0 Å². The second-order valence-electron chi connectivity index (χ2n) is 8.61. The summed E-state index contributed by atoms with van der Waals surface area (Å²) < 4.78 is 56.3. The zero-order valence-electron chi connectivity index (χ0n) is 20.6. The Kier molecular flexibility index (Phi) is 3.33. The summed E-state index contributed by atoms with van der Waals surface area (Å²) in [4.78, 5) is 0. The van der Waals surface area contributed by atoms with Crippen molar-refractivity contribution >= 4 is 32.5 Å². The lowest BCUT2D eigenvalue weighted by Crippen LogP contribution is -2.76. The molecule has 0 aliphatic rings. The minimum Gasteiger partial charge on any atom is -0.418 e. The Morgan fingerprint density at radius 2 is 1.11 bits per heavy atom. The molecule has 0 saturated carbocycles. The maximum atomic E-state index is 8.47. The number of hydrogen-bond donors (Lipinski definition) is 0. The van der Waals surface area contributed by atoms with Gasteiger partial charge in [-0.1, -0.05) is 58.9 Å². The highest BCUT2D eigenvalue weighted by Gasteiger charge is 2.68. The summed E-state index contributed by atoms with van der Waals surface area (Å²) in [5, 5.41) is 0. The van der Waals surface area contributed by atoms with Gasteiger partial charge in [0.1, 0.15) is 0 Å². The highest BCUT2D eigenvalue weighted by atomic mass is 28.5. The zero-order chi connectivity index (χ0) is 20.9. The summed E-state index contributed by atoms with van der Waals surface area (Å²) in [5.74, 6) is 0. The smallest absolute Gasteiger partial charge is 0.185 e. The van der Waals surface area contributed by atoms with Crippen molar-refractivity contribution < 1.29 is 12.7 Å². The molecule has 0 fully saturated rings. The van der Waals surface area contributed by atoms with E-state index in [9.17, 15) is 0 Å². The van der Waals surface area contributed by atoms with Crippen LogP contribution in [0.5, 0.6) is 0 Å². The van der Waals surface area contributed by atoms with E-state index < -0.39 is 49.4 Å². The lowest BCUT2D eigenvalue weighted by molar-refractivity contribution is 0.326. The maximum absolute atomic E-state index is 8.47. The average molecular weight is 341 g/mol.